The average molecular weight is 334 g/mol. The Morgan fingerprint density at radius 2 is 2.12 bits per heavy atom. The quantitative estimate of drug-likeness (QED) is 0.316. The predicted octanol–water partition coefficient (Wildman–Crippen LogP) is 4.84. The molecule has 0 aliphatic heterocycles. The molecule has 2 aliphatic rings. The molecule has 5 atom stereocenters. The maximum atomic E-state index is 12.0. The minimum absolute atomic E-state index is 0.100. The van der Waals surface area contributed by atoms with Crippen molar-refractivity contribution in [2.75, 3.05) is 0 Å². The second kappa shape index (κ2) is 6.85. The fourth-order valence-electron chi connectivity index (χ4n) is 5.25. The summed E-state index contributed by atoms with van der Waals surface area (Å²) in [6.45, 7) is 15.9. The molecule has 2 saturated carbocycles. The highest BCUT2D eigenvalue weighted by Gasteiger charge is 2.57. The van der Waals surface area contributed by atoms with Gasteiger partial charge in [-0.25, -0.2) is 4.89 Å². The lowest BCUT2D eigenvalue weighted by atomic mass is 9.46. The van der Waals surface area contributed by atoms with E-state index in [1.54, 1.807) is 6.08 Å². The van der Waals surface area contributed by atoms with Crippen LogP contribution in [0.1, 0.15) is 52.4 Å². The second-order valence-corrected chi connectivity index (χ2v) is 7.99. The molecule has 0 heterocycles. The van der Waals surface area contributed by atoms with E-state index in [0.29, 0.717) is 12.0 Å². The number of allylic oxidation sites excluding steroid dienone is 1. The smallest absolute Gasteiger partial charge is 0.309 e. The first-order chi connectivity index (χ1) is 11.2. The van der Waals surface area contributed by atoms with Crippen LogP contribution in [0.4, 0.5) is 0 Å². The van der Waals surface area contributed by atoms with E-state index in [9.17, 15) is 15.2 Å². The number of carbonyl (C=O) groups is 1. The summed E-state index contributed by atoms with van der Waals surface area (Å²) in [6, 6.07) is 0. The third kappa shape index (κ3) is 2.98. The molecule has 4 heteroatoms. The van der Waals surface area contributed by atoms with Crippen molar-refractivity contribution in [1.82, 2.24) is 0 Å². The highest BCUT2D eigenvalue weighted by molar-refractivity contribution is 5.75. The third-order valence-corrected chi connectivity index (χ3v) is 6.76. The lowest BCUT2D eigenvalue weighted by Crippen LogP contribution is -2.53. The largest absolute Gasteiger partial charge is 0.481 e. The number of aliphatic carboxylic acids is 1. The Balaban J connectivity index is 2.36. The van der Waals surface area contributed by atoms with E-state index >= 15 is 0 Å². The van der Waals surface area contributed by atoms with E-state index in [1.807, 2.05) is 6.92 Å². The van der Waals surface area contributed by atoms with Gasteiger partial charge in [-0.3, -0.25) is 10.1 Å². The van der Waals surface area contributed by atoms with Gasteiger partial charge in [-0.2, -0.15) is 0 Å². The van der Waals surface area contributed by atoms with Crippen LogP contribution in [0.5, 0.6) is 0 Å². The van der Waals surface area contributed by atoms with E-state index in [-0.39, 0.29) is 17.3 Å². The van der Waals surface area contributed by atoms with Crippen LogP contribution in [0, 0.1) is 22.7 Å². The van der Waals surface area contributed by atoms with Gasteiger partial charge in [0.15, 0.2) is 0 Å². The van der Waals surface area contributed by atoms with Gasteiger partial charge in [0.25, 0.3) is 0 Å². The average Bonchev–Trinajstić information content (AvgIpc) is 2.53. The maximum absolute atomic E-state index is 12.0. The highest BCUT2D eigenvalue weighted by atomic mass is 17.1. The Bertz CT molecular complexity index is 552. The first-order valence-corrected chi connectivity index (χ1v) is 8.73. The van der Waals surface area contributed by atoms with Crippen LogP contribution in [0.25, 0.3) is 0 Å². The number of carboxylic acid groups (broad SMARTS) is 1. The van der Waals surface area contributed by atoms with Gasteiger partial charge in [-0.15, -0.1) is 0 Å². The topological polar surface area (TPSA) is 66.8 Å². The molecule has 0 aromatic heterocycles. The monoisotopic (exact) mass is 334 g/mol. The van der Waals surface area contributed by atoms with Crippen LogP contribution >= 0.6 is 0 Å². The maximum Gasteiger partial charge on any atom is 0.309 e. The van der Waals surface area contributed by atoms with Crippen LogP contribution in [0.2, 0.25) is 0 Å². The van der Waals surface area contributed by atoms with E-state index in [2.05, 4.69) is 31.5 Å². The van der Waals surface area contributed by atoms with Gasteiger partial charge < -0.3 is 5.11 Å². The summed E-state index contributed by atoms with van der Waals surface area (Å²) >= 11 is 0. The van der Waals surface area contributed by atoms with Crippen LogP contribution in [0.15, 0.2) is 37.0 Å². The molecule has 0 bridgehead atoms. The zero-order chi connectivity index (χ0) is 18.1. The minimum atomic E-state index is -0.699. The van der Waals surface area contributed by atoms with Crippen molar-refractivity contribution in [1.29, 1.82) is 0 Å². The molecule has 0 saturated heterocycles. The lowest BCUT2D eigenvalue weighted by Gasteiger charge is -2.57. The molecule has 0 spiro atoms. The fraction of sp³-hybridized carbons (Fsp3) is 0.650. The summed E-state index contributed by atoms with van der Waals surface area (Å²) in [5.41, 5.74) is 0.908. The van der Waals surface area contributed by atoms with Crippen molar-refractivity contribution >= 4 is 5.97 Å². The number of fused-ring (bicyclic) bond motifs is 1. The number of hydrogen-bond donors (Lipinski definition) is 2. The molecule has 24 heavy (non-hydrogen) atoms. The van der Waals surface area contributed by atoms with E-state index in [1.165, 1.54) is 0 Å². The zero-order valence-corrected chi connectivity index (χ0v) is 14.9. The Morgan fingerprint density at radius 3 is 2.67 bits per heavy atom. The first kappa shape index (κ1) is 18.9. The Hall–Kier alpha value is -1.39. The summed E-state index contributed by atoms with van der Waals surface area (Å²) in [6.07, 6.45) is 5.90. The molecule has 0 unspecified atom stereocenters. The Labute approximate surface area is 144 Å². The molecule has 0 aromatic carbocycles. The zero-order valence-electron chi connectivity index (χ0n) is 14.9. The van der Waals surface area contributed by atoms with Crippen molar-refractivity contribution in [3.63, 3.8) is 0 Å². The molecule has 4 nitrogen and oxygen atoms in total. The summed E-state index contributed by atoms with van der Waals surface area (Å²) in [5, 5.41) is 19.1. The van der Waals surface area contributed by atoms with Crippen molar-refractivity contribution < 1.29 is 20.0 Å². The molecular formula is C20H30O4. The minimum Gasteiger partial charge on any atom is -0.481 e. The van der Waals surface area contributed by atoms with Gasteiger partial charge in [0.05, 0.1) is 5.41 Å². The molecule has 2 rings (SSSR count). The Morgan fingerprint density at radius 1 is 1.46 bits per heavy atom. The molecule has 134 valence electrons. The van der Waals surface area contributed by atoms with Gasteiger partial charge in [0.2, 0.25) is 0 Å². The first-order valence-electron chi connectivity index (χ1n) is 8.73. The number of hydrogen-bond acceptors (Lipinski definition) is 3. The molecule has 0 amide bonds. The van der Waals surface area contributed by atoms with Gasteiger partial charge >= 0.3 is 5.97 Å². The number of carboxylic acids is 1. The predicted molar refractivity (Wildman–Crippen MR) is 94.5 cm³/mol. The van der Waals surface area contributed by atoms with Crippen LogP contribution in [-0.2, 0) is 9.68 Å². The van der Waals surface area contributed by atoms with Gasteiger partial charge in [0.1, 0.15) is 6.10 Å². The van der Waals surface area contributed by atoms with Gasteiger partial charge in [-0.05, 0) is 61.9 Å². The second-order valence-electron chi connectivity index (χ2n) is 7.99. The molecule has 2 fully saturated rings. The normalized spacial score (nSPS) is 37.4. The fourth-order valence-corrected chi connectivity index (χ4v) is 5.25. The molecule has 0 radical (unpaired) electrons. The van der Waals surface area contributed by atoms with E-state index in [4.69, 9.17) is 0 Å². The number of rotatable bonds is 6. The molecule has 2 N–H and O–H groups in total. The SMILES string of the molecule is C=CC(=C)[C@H](C[C@H]1C(=C)CC[C@@H]2[C@]1(C)CCC[C@@]2(C)C(=O)O)OO. The van der Waals surface area contributed by atoms with Crippen LogP contribution < -0.4 is 0 Å². The molecule has 2 aliphatic carbocycles. The highest BCUT2D eigenvalue weighted by Crippen LogP contribution is 2.62. The van der Waals surface area contributed by atoms with Gasteiger partial charge in [-0.1, -0.05) is 44.7 Å². The summed E-state index contributed by atoms with van der Waals surface area (Å²) < 4.78 is 0. The summed E-state index contributed by atoms with van der Waals surface area (Å²) in [7, 11) is 0. The van der Waals surface area contributed by atoms with Crippen LogP contribution in [-0.4, -0.2) is 22.4 Å². The summed E-state index contributed by atoms with van der Waals surface area (Å²) in [4.78, 5) is 16.6. The van der Waals surface area contributed by atoms with Crippen molar-refractivity contribution in [3.05, 3.63) is 37.0 Å². The standard InChI is InChI=1S/C20H30O4/c1-6-13(2)16(24-23)12-15-14(3)8-9-17-19(15,4)10-7-11-20(17,5)18(21)22/h6,15-17,23H,1-3,7-12H2,4-5H3,(H,21,22)/t15-,16-,17+,19+,20+/m0/s1. The molecule has 0 aromatic rings. The van der Waals surface area contributed by atoms with E-state index in [0.717, 1.165) is 37.7 Å². The summed E-state index contributed by atoms with van der Waals surface area (Å²) in [5.74, 6) is -0.498. The van der Waals surface area contributed by atoms with Gasteiger partial charge in [0, 0.05) is 0 Å². The van der Waals surface area contributed by atoms with Crippen molar-refractivity contribution in [2.45, 2.75) is 58.5 Å². The molecular weight excluding hydrogens is 304 g/mol. The van der Waals surface area contributed by atoms with Crippen molar-refractivity contribution in [2.24, 2.45) is 22.7 Å². The Kier molecular flexibility index (Phi) is 5.41. The van der Waals surface area contributed by atoms with Crippen LogP contribution in [0.3, 0.4) is 0 Å². The third-order valence-electron chi connectivity index (χ3n) is 6.76. The lowest BCUT2D eigenvalue weighted by molar-refractivity contribution is -0.273. The van der Waals surface area contributed by atoms with E-state index < -0.39 is 17.5 Å². The van der Waals surface area contributed by atoms with Crippen molar-refractivity contribution in [3.8, 4) is 0 Å².